The number of aliphatic hydroxyl groups is 1. The summed E-state index contributed by atoms with van der Waals surface area (Å²) in [4.78, 5) is 15.9. The molecule has 0 atom stereocenters. The monoisotopic (exact) mass is 390 g/mol. The molecule has 28 heavy (non-hydrogen) atoms. The van der Waals surface area contributed by atoms with Crippen molar-refractivity contribution >= 4 is 6.09 Å². The van der Waals surface area contributed by atoms with Gasteiger partial charge in [-0.25, -0.2) is 9.18 Å². The molecule has 1 aliphatic carbocycles. The first-order valence-electron chi connectivity index (χ1n) is 10.0. The highest BCUT2D eigenvalue weighted by atomic mass is 19.1. The van der Waals surface area contributed by atoms with Crippen LogP contribution in [0.4, 0.5) is 9.18 Å². The number of carbonyl (C=O) groups excluding carboxylic acids is 1. The second-order valence-corrected chi connectivity index (χ2v) is 7.33. The molecule has 1 amide bonds. The van der Waals surface area contributed by atoms with Crippen LogP contribution in [0.3, 0.4) is 0 Å². The lowest BCUT2D eigenvalue weighted by molar-refractivity contribution is 0.148. The Morgan fingerprint density at radius 1 is 1.25 bits per heavy atom. The van der Waals surface area contributed by atoms with Gasteiger partial charge in [0, 0.05) is 26.1 Å². The van der Waals surface area contributed by atoms with Crippen LogP contribution in [0, 0.1) is 29.5 Å². The minimum atomic E-state index is -0.419. The van der Waals surface area contributed by atoms with E-state index in [0.29, 0.717) is 37.2 Å². The third-order valence-electron chi connectivity index (χ3n) is 5.18. The summed E-state index contributed by atoms with van der Waals surface area (Å²) in [6, 6.07) is 5.44. The van der Waals surface area contributed by atoms with Crippen molar-refractivity contribution in [2.75, 3.05) is 39.8 Å². The van der Waals surface area contributed by atoms with Gasteiger partial charge in [-0.15, -0.1) is 0 Å². The summed E-state index contributed by atoms with van der Waals surface area (Å²) in [5.41, 5.74) is 0. The Balaban J connectivity index is 1.71. The van der Waals surface area contributed by atoms with Crippen molar-refractivity contribution in [3.8, 4) is 17.6 Å². The maximum Gasteiger partial charge on any atom is 0.414 e. The molecule has 6 heteroatoms. The van der Waals surface area contributed by atoms with Crippen LogP contribution in [0.25, 0.3) is 0 Å². The van der Waals surface area contributed by atoms with E-state index in [1.54, 1.807) is 11.9 Å². The van der Waals surface area contributed by atoms with E-state index in [9.17, 15) is 9.18 Å². The first-order valence-corrected chi connectivity index (χ1v) is 10.0. The van der Waals surface area contributed by atoms with E-state index in [1.807, 2.05) is 0 Å². The van der Waals surface area contributed by atoms with Crippen LogP contribution in [-0.2, 0) is 0 Å². The minimum Gasteiger partial charge on any atom is -0.410 e. The quantitative estimate of drug-likeness (QED) is 0.725. The normalized spacial score (nSPS) is 19.0. The number of hydrogen-bond acceptors (Lipinski definition) is 4. The van der Waals surface area contributed by atoms with E-state index in [-0.39, 0.29) is 12.4 Å². The molecule has 1 aliphatic rings. The standard InChI is InChI=1S/C22H31FN2O3/c1-3-25(15-16-26)14-4-5-18-6-8-19(9-7-18)17-24(2)22(27)28-21-12-10-20(23)11-13-21/h10-13,18-19,26H,3,6-9,14-17H2,1-2H3/t18-,19-. The number of aliphatic hydroxyl groups excluding tert-OH is 1. The smallest absolute Gasteiger partial charge is 0.410 e. The number of benzene rings is 1. The lowest BCUT2D eigenvalue weighted by Crippen LogP contribution is -2.35. The molecular weight excluding hydrogens is 359 g/mol. The molecule has 0 heterocycles. The molecule has 0 spiro atoms. The average Bonchev–Trinajstić information content (AvgIpc) is 2.70. The lowest BCUT2D eigenvalue weighted by Gasteiger charge is -2.29. The Bertz CT molecular complexity index is 661. The molecule has 1 aromatic carbocycles. The van der Waals surface area contributed by atoms with Crippen LogP contribution >= 0.6 is 0 Å². The molecule has 1 N–H and O–H groups in total. The minimum absolute atomic E-state index is 0.164. The number of carbonyl (C=O) groups is 1. The first kappa shape index (κ1) is 22.2. The largest absolute Gasteiger partial charge is 0.414 e. The van der Waals surface area contributed by atoms with Crippen LogP contribution in [0.2, 0.25) is 0 Å². The van der Waals surface area contributed by atoms with Gasteiger partial charge in [0.1, 0.15) is 11.6 Å². The third-order valence-corrected chi connectivity index (χ3v) is 5.18. The van der Waals surface area contributed by atoms with Crippen LogP contribution < -0.4 is 4.74 Å². The SMILES string of the molecule is CCN(CC#C[C@H]1CC[C@H](CN(C)C(=O)Oc2ccc(F)cc2)CC1)CCO. The van der Waals surface area contributed by atoms with Crippen molar-refractivity contribution in [2.45, 2.75) is 32.6 Å². The molecule has 0 radical (unpaired) electrons. The predicted molar refractivity (Wildman–Crippen MR) is 107 cm³/mol. The molecule has 0 saturated heterocycles. The zero-order valence-corrected chi connectivity index (χ0v) is 16.9. The number of rotatable bonds is 7. The summed E-state index contributed by atoms with van der Waals surface area (Å²) < 4.78 is 18.2. The van der Waals surface area contributed by atoms with Gasteiger partial charge in [-0.3, -0.25) is 4.90 Å². The Labute approximate surface area is 167 Å². The summed E-state index contributed by atoms with van der Waals surface area (Å²) in [6.07, 6.45) is 3.76. The maximum absolute atomic E-state index is 12.9. The van der Waals surface area contributed by atoms with Gasteiger partial charge in [-0.2, -0.15) is 0 Å². The van der Waals surface area contributed by atoms with E-state index in [1.165, 1.54) is 24.3 Å². The zero-order valence-electron chi connectivity index (χ0n) is 16.9. The van der Waals surface area contributed by atoms with Crippen LogP contribution in [0.1, 0.15) is 32.6 Å². The second-order valence-electron chi connectivity index (χ2n) is 7.33. The Kier molecular flexibility index (Phi) is 9.26. The lowest BCUT2D eigenvalue weighted by atomic mass is 9.82. The summed E-state index contributed by atoms with van der Waals surface area (Å²) in [5, 5.41) is 9.01. The maximum atomic E-state index is 12.9. The second kappa shape index (κ2) is 11.7. The molecule has 0 unspecified atom stereocenters. The molecule has 0 bridgehead atoms. The topological polar surface area (TPSA) is 53.0 Å². The molecule has 154 valence electrons. The van der Waals surface area contributed by atoms with Gasteiger partial charge in [0.25, 0.3) is 0 Å². The molecule has 2 rings (SSSR count). The molecule has 0 aliphatic heterocycles. The van der Waals surface area contributed by atoms with E-state index >= 15 is 0 Å². The van der Waals surface area contributed by atoms with Crippen molar-refractivity contribution < 1.29 is 19.0 Å². The third kappa shape index (κ3) is 7.49. The number of nitrogens with zero attached hydrogens (tertiary/aromatic N) is 2. The van der Waals surface area contributed by atoms with Gasteiger partial charge in [0.05, 0.1) is 13.2 Å². The van der Waals surface area contributed by atoms with Crippen molar-refractivity contribution in [1.29, 1.82) is 0 Å². The van der Waals surface area contributed by atoms with Crippen molar-refractivity contribution in [3.63, 3.8) is 0 Å². The number of ether oxygens (including phenoxy) is 1. The summed E-state index contributed by atoms with van der Waals surface area (Å²) in [7, 11) is 1.73. The highest BCUT2D eigenvalue weighted by molar-refractivity contribution is 5.70. The van der Waals surface area contributed by atoms with Crippen molar-refractivity contribution in [3.05, 3.63) is 30.1 Å². The van der Waals surface area contributed by atoms with Gasteiger partial charge in [-0.1, -0.05) is 18.8 Å². The molecule has 1 aromatic rings. The summed E-state index contributed by atoms with van der Waals surface area (Å²) >= 11 is 0. The Morgan fingerprint density at radius 2 is 1.93 bits per heavy atom. The van der Waals surface area contributed by atoms with Crippen LogP contribution in [-0.4, -0.2) is 60.8 Å². The van der Waals surface area contributed by atoms with Crippen LogP contribution in [0.5, 0.6) is 5.75 Å². The fraction of sp³-hybridized carbons (Fsp3) is 0.591. The van der Waals surface area contributed by atoms with E-state index in [4.69, 9.17) is 9.84 Å². The predicted octanol–water partition coefficient (Wildman–Crippen LogP) is 3.38. The van der Waals surface area contributed by atoms with Gasteiger partial charge in [0.2, 0.25) is 0 Å². The van der Waals surface area contributed by atoms with Crippen molar-refractivity contribution in [2.24, 2.45) is 11.8 Å². The number of likely N-dealkylation sites (N-methyl/N-ethyl adjacent to an activating group) is 1. The molecule has 1 fully saturated rings. The van der Waals surface area contributed by atoms with Gasteiger partial charge in [-0.05, 0) is 62.4 Å². The number of hydrogen-bond donors (Lipinski definition) is 1. The molecule has 5 nitrogen and oxygen atoms in total. The fourth-order valence-electron chi connectivity index (χ4n) is 3.42. The first-order chi connectivity index (χ1) is 13.5. The van der Waals surface area contributed by atoms with E-state index in [0.717, 1.165) is 32.2 Å². The van der Waals surface area contributed by atoms with Crippen LogP contribution in [0.15, 0.2) is 24.3 Å². The van der Waals surface area contributed by atoms with Crippen molar-refractivity contribution in [1.82, 2.24) is 9.80 Å². The number of halogens is 1. The average molecular weight is 390 g/mol. The molecule has 0 aromatic heterocycles. The fourth-order valence-corrected chi connectivity index (χ4v) is 3.42. The van der Waals surface area contributed by atoms with Gasteiger partial charge in [0.15, 0.2) is 0 Å². The molecular formula is C22H31FN2O3. The summed E-state index contributed by atoms with van der Waals surface area (Å²) in [5.74, 6) is 7.47. The van der Waals surface area contributed by atoms with Gasteiger partial charge >= 0.3 is 6.09 Å². The molecule has 1 saturated carbocycles. The highest BCUT2D eigenvalue weighted by Crippen LogP contribution is 2.29. The van der Waals surface area contributed by atoms with E-state index in [2.05, 4.69) is 23.7 Å². The summed E-state index contributed by atoms with van der Waals surface area (Å²) in [6.45, 7) is 5.15. The van der Waals surface area contributed by atoms with E-state index < -0.39 is 6.09 Å². The highest BCUT2D eigenvalue weighted by Gasteiger charge is 2.23. The number of amides is 1. The van der Waals surface area contributed by atoms with Gasteiger partial charge < -0.3 is 14.7 Å². The zero-order chi connectivity index (χ0) is 20.4. The Hall–Kier alpha value is -2.10. The Morgan fingerprint density at radius 3 is 2.54 bits per heavy atom.